The number of fused-ring (bicyclic) bond motifs is 6. The fraction of sp³-hybridized carbons (Fsp3) is 0. The lowest BCUT2D eigenvalue weighted by atomic mass is 9.83. The van der Waals surface area contributed by atoms with Crippen LogP contribution in [0, 0.1) is 0 Å². The maximum absolute atomic E-state index is 6.18. The second kappa shape index (κ2) is 11.1. The van der Waals surface area contributed by atoms with Crippen LogP contribution in [0.25, 0.3) is 98.8 Å². The molecule has 49 heavy (non-hydrogen) atoms. The molecule has 1 heteroatoms. The highest BCUT2D eigenvalue weighted by Crippen LogP contribution is 2.47. The maximum Gasteiger partial charge on any atom is 0.135 e. The zero-order valence-corrected chi connectivity index (χ0v) is 26.7. The van der Waals surface area contributed by atoms with Crippen LogP contribution < -0.4 is 0 Å². The lowest BCUT2D eigenvalue weighted by Gasteiger charge is -2.20. The monoisotopic (exact) mass is 622 g/mol. The van der Waals surface area contributed by atoms with E-state index in [0.717, 1.165) is 21.9 Å². The standard InChI is InChI=1S/C48H30O/c1-2-13-31(14-3-1)32-16-12-17-35(27-32)47-39-20-6-8-22-41(39)48(42-23-9-7-21-40(42)47)44-30-36(28-34-15-4-5-18-37(34)44)33-25-26-46-43(29-33)38-19-10-11-24-45(38)49-46/h1-30H. The highest BCUT2D eigenvalue weighted by molar-refractivity contribution is 6.24. The van der Waals surface area contributed by atoms with Gasteiger partial charge in [-0.15, -0.1) is 0 Å². The van der Waals surface area contributed by atoms with Crippen LogP contribution in [0.3, 0.4) is 0 Å². The molecule has 0 aliphatic carbocycles. The summed E-state index contributed by atoms with van der Waals surface area (Å²) in [4.78, 5) is 0. The SMILES string of the molecule is c1ccc(-c2cccc(-c3c4ccccc4c(-c4cc(-c5ccc6oc7ccccc7c6c5)cc5ccccc45)c4ccccc34)c2)cc1. The summed E-state index contributed by atoms with van der Waals surface area (Å²) in [5.74, 6) is 0. The third-order valence-corrected chi connectivity index (χ3v) is 10.0. The molecule has 0 aliphatic rings. The third-order valence-electron chi connectivity index (χ3n) is 10.0. The van der Waals surface area contributed by atoms with E-state index < -0.39 is 0 Å². The minimum Gasteiger partial charge on any atom is -0.456 e. The molecule has 0 N–H and O–H groups in total. The van der Waals surface area contributed by atoms with Crippen LogP contribution in [-0.2, 0) is 0 Å². The molecular weight excluding hydrogens is 593 g/mol. The Labute approximate surface area is 284 Å². The van der Waals surface area contributed by atoms with E-state index in [2.05, 4.69) is 170 Å². The molecule has 0 spiro atoms. The van der Waals surface area contributed by atoms with Gasteiger partial charge >= 0.3 is 0 Å². The van der Waals surface area contributed by atoms with E-state index >= 15 is 0 Å². The first-order valence-electron chi connectivity index (χ1n) is 16.8. The predicted molar refractivity (Wildman–Crippen MR) is 208 cm³/mol. The van der Waals surface area contributed by atoms with Gasteiger partial charge in [0.05, 0.1) is 0 Å². The van der Waals surface area contributed by atoms with Gasteiger partial charge in [-0.25, -0.2) is 0 Å². The average Bonchev–Trinajstić information content (AvgIpc) is 3.55. The van der Waals surface area contributed by atoms with Crippen molar-refractivity contribution in [3.8, 4) is 44.5 Å². The molecule has 0 bridgehead atoms. The molecule has 1 aromatic heterocycles. The van der Waals surface area contributed by atoms with Crippen LogP contribution in [0.1, 0.15) is 0 Å². The molecule has 0 atom stereocenters. The number of benzene rings is 9. The Hall–Kier alpha value is -6.44. The smallest absolute Gasteiger partial charge is 0.135 e. The van der Waals surface area contributed by atoms with Crippen molar-refractivity contribution in [3.63, 3.8) is 0 Å². The maximum atomic E-state index is 6.18. The van der Waals surface area contributed by atoms with Crippen molar-refractivity contribution in [2.45, 2.75) is 0 Å². The largest absolute Gasteiger partial charge is 0.456 e. The van der Waals surface area contributed by atoms with Crippen LogP contribution in [0.5, 0.6) is 0 Å². The summed E-state index contributed by atoms with van der Waals surface area (Å²) >= 11 is 0. The first-order valence-corrected chi connectivity index (χ1v) is 16.8. The average molecular weight is 623 g/mol. The minimum atomic E-state index is 0.912. The van der Waals surface area contributed by atoms with Crippen LogP contribution >= 0.6 is 0 Å². The Bertz CT molecular complexity index is 2820. The van der Waals surface area contributed by atoms with Crippen molar-refractivity contribution in [2.24, 2.45) is 0 Å². The molecule has 10 aromatic rings. The van der Waals surface area contributed by atoms with Gasteiger partial charge in [0.15, 0.2) is 0 Å². The molecule has 10 rings (SSSR count). The van der Waals surface area contributed by atoms with Gasteiger partial charge in [0, 0.05) is 10.8 Å². The molecule has 0 amide bonds. The lowest BCUT2D eigenvalue weighted by molar-refractivity contribution is 0.669. The molecule has 9 aromatic carbocycles. The van der Waals surface area contributed by atoms with Gasteiger partial charge < -0.3 is 4.42 Å². The lowest BCUT2D eigenvalue weighted by Crippen LogP contribution is -1.93. The van der Waals surface area contributed by atoms with Crippen molar-refractivity contribution in [3.05, 3.63) is 182 Å². The Morgan fingerprint density at radius 2 is 0.816 bits per heavy atom. The summed E-state index contributed by atoms with van der Waals surface area (Å²) in [6, 6.07) is 65.9. The molecular formula is C48H30O. The van der Waals surface area contributed by atoms with Crippen LogP contribution in [0.2, 0.25) is 0 Å². The van der Waals surface area contributed by atoms with Crippen molar-refractivity contribution in [2.75, 3.05) is 0 Å². The third kappa shape index (κ3) is 4.47. The molecule has 0 saturated carbocycles. The zero-order valence-electron chi connectivity index (χ0n) is 26.7. The van der Waals surface area contributed by atoms with E-state index in [0.29, 0.717) is 0 Å². The van der Waals surface area contributed by atoms with Crippen LogP contribution in [0.4, 0.5) is 0 Å². The molecule has 0 radical (unpaired) electrons. The normalized spacial score (nSPS) is 11.7. The van der Waals surface area contributed by atoms with Crippen LogP contribution in [-0.4, -0.2) is 0 Å². The van der Waals surface area contributed by atoms with E-state index in [-0.39, 0.29) is 0 Å². The fourth-order valence-electron chi connectivity index (χ4n) is 7.80. The second-order valence-corrected chi connectivity index (χ2v) is 12.8. The van der Waals surface area contributed by atoms with Gasteiger partial charge in [0.1, 0.15) is 11.2 Å². The van der Waals surface area contributed by atoms with E-state index in [1.807, 2.05) is 12.1 Å². The molecule has 228 valence electrons. The Kier molecular flexibility index (Phi) is 6.25. The van der Waals surface area contributed by atoms with Gasteiger partial charge in [0.2, 0.25) is 0 Å². The predicted octanol–water partition coefficient (Wildman–Crippen LogP) is 13.7. The van der Waals surface area contributed by atoms with Gasteiger partial charge in [-0.2, -0.15) is 0 Å². The van der Waals surface area contributed by atoms with Crippen molar-refractivity contribution >= 4 is 54.3 Å². The van der Waals surface area contributed by atoms with Gasteiger partial charge in [-0.3, -0.25) is 0 Å². The minimum absolute atomic E-state index is 0.912. The quantitative estimate of drug-likeness (QED) is 0.178. The second-order valence-electron chi connectivity index (χ2n) is 12.8. The van der Waals surface area contributed by atoms with E-state index in [1.165, 1.54) is 76.8 Å². The summed E-state index contributed by atoms with van der Waals surface area (Å²) < 4.78 is 6.18. The number of para-hydroxylation sites is 1. The first kappa shape index (κ1) is 27.7. The number of hydrogen-bond acceptors (Lipinski definition) is 1. The molecule has 0 unspecified atom stereocenters. The summed E-state index contributed by atoms with van der Waals surface area (Å²) in [6.07, 6.45) is 0. The summed E-state index contributed by atoms with van der Waals surface area (Å²) in [6.45, 7) is 0. The van der Waals surface area contributed by atoms with E-state index in [9.17, 15) is 0 Å². The number of rotatable bonds is 4. The highest BCUT2D eigenvalue weighted by Gasteiger charge is 2.19. The molecule has 1 heterocycles. The highest BCUT2D eigenvalue weighted by atomic mass is 16.3. The summed E-state index contributed by atoms with van der Waals surface area (Å²) in [5.41, 5.74) is 11.6. The number of furan rings is 1. The van der Waals surface area contributed by atoms with Gasteiger partial charge in [-0.05, 0) is 113 Å². The van der Waals surface area contributed by atoms with Gasteiger partial charge in [0.25, 0.3) is 0 Å². The van der Waals surface area contributed by atoms with Crippen molar-refractivity contribution < 1.29 is 4.42 Å². The number of hydrogen-bond donors (Lipinski definition) is 0. The summed E-state index contributed by atoms with van der Waals surface area (Å²) in [7, 11) is 0. The summed E-state index contributed by atoms with van der Waals surface area (Å²) in [5, 5.41) is 9.75. The Morgan fingerprint density at radius 3 is 1.57 bits per heavy atom. The first-order chi connectivity index (χ1) is 24.3. The van der Waals surface area contributed by atoms with Crippen molar-refractivity contribution in [1.29, 1.82) is 0 Å². The fourth-order valence-corrected chi connectivity index (χ4v) is 7.80. The Morgan fingerprint density at radius 1 is 0.265 bits per heavy atom. The molecule has 0 aliphatic heterocycles. The van der Waals surface area contributed by atoms with Crippen LogP contribution in [0.15, 0.2) is 186 Å². The molecule has 1 nitrogen and oxygen atoms in total. The Balaban J connectivity index is 1.26. The van der Waals surface area contributed by atoms with Gasteiger partial charge in [-0.1, -0.05) is 146 Å². The topological polar surface area (TPSA) is 13.1 Å². The zero-order chi connectivity index (χ0) is 32.3. The van der Waals surface area contributed by atoms with E-state index in [1.54, 1.807) is 0 Å². The molecule has 0 saturated heterocycles. The molecule has 0 fully saturated rings. The van der Waals surface area contributed by atoms with E-state index in [4.69, 9.17) is 4.42 Å². The van der Waals surface area contributed by atoms with Crippen molar-refractivity contribution in [1.82, 2.24) is 0 Å².